The van der Waals surface area contributed by atoms with Crippen LogP contribution < -0.4 is 10.6 Å². The van der Waals surface area contributed by atoms with Gasteiger partial charge in [0.2, 0.25) is 11.8 Å². The van der Waals surface area contributed by atoms with E-state index in [0.29, 0.717) is 31.2 Å². The summed E-state index contributed by atoms with van der Waals surface area (Å²) in [7, 11) is 0. The molecular formula is C17H32N2O4. The van der Waals surface area contributed by atoms with Crippen LogP contribution in [-0.4, -0.2) is 42.9 Å². The predicted octanol–water partition coefficient (Wildman–Crippen LogP) is 1.67. The summed E-state index contributed by atoms with van der Waals surface area (Å²) < 4.78 is 5.56. The molecule has 0 aliphatic carbocycles. The van der Waals surface area contributed by atoms with Crippen molar-refractivity contribution in [3.05, 3.63) is 0 Å². The molecule has 134 valence electrons. The standard InChI is InChI=1S/C17H32N2O4/c1-11(2)9-15(19-14(6)21)17(22)18-7-8-23-16(13(5)20)10-12(3)4/h11-12,15-16H,7-10H2,1-6H3,(H,18,22)(H,19,21)/t15-,16-/m0/s1. The number of ketones is 1. The molecule has 2 amide bonds. The molecule has 0 saturated heterocycles. The summed E-state index contributed by atoms with van der Waals surface area (Å²) >= 11 is 0. The normalized spacial score (nSPS) is 13.7. The predicted molar refractivity (Wildman–Crippen MR) is 89.9 cm³/mol. The van der Waals surface area contributed by atoms with Crippen molar-refractivity contribution in [2.45, 2.75) is 66.5 Å². The lowest BCUT2D eigenvalue weighted by atomic mass is 10.0. The third-order valence-corrected chi connectivity index (χ3v) is 3.26. The van der Waals surface area contributed by atoms with E-state index in [1.165, 1.54) is 13.8 Å². The molecule has 0 aliphatic heterocycles. The molecule has 0 aromatic carbocycles. The van der Waals surface area contributed by atoms with E-state index in [9.17, 15) is 14.4 Å². The van der Waals surface area contributed by atoms with E-state index >= 15 is 0 Å². The molecule has 23 heavy (non-hydrogen) atoms. The minimum absolute atomic E-state index is 0.000886. The number of carbonyl (C=O) groups excluding carboxylic acids is 3. The van der Waals surface area contributed by atoms with Crippen LogP contribution in [0.2, 0.25) is 0 Å². The fourth-order valence-corrected chi connectivity index (χ4v) is 2.23. The van der Waals surface area contributed by atoms with E-state index in [1.807, 2.05) is 27.7 Å². The minimum Gasteiger partial charge on any atom is -0.369 e. The molecule has 0 rings (SSSR count). The molecule has 2 atom stereocenters. The molecule has 0 bridgehead atoms. The summed E-state index contributed by atoms with van der Waals surface area (Å²) in [5, 5.41) is 5.41. The monoisotopic (exact) mass is 328 g/mol. The Bertz CT molecular complexity index is 394. The van der Waals surface area contributed by atoms with Gasteiger partial charge >= 0.3 is 0 Å². The summed E-state index contributed by atoms with van der Waals surface area (Å²) in [5.74, 6) is 0.216. The van der Waals surface area contributed by atoms with Gasteiger partial charge in [0.15, 0.2) is 5.78 Å². The molecule has 2 N–H and O–H groups in total. The second-order valence-corrected chi connectivity index (χ2v) is 6.77. The SMILES string of the molecule is CC(=O)N[C@@H](CC(C)C)C(=O)NCCO[C@@H](CC(C)C)C(C)=O. The maximum absolute atomic E-state index is 12.1. The van der Waals surface area contributed by atoms with Crippen molar-refractivity contribution in [1.82, 2.24) is 10.6 Å². The summed E-state index contributed by atoms with van der Waals surface area (Å²) in [6.45, 7) is 11.6. The molecule has 0 fully saturated rings. The van der Waals surface area contributed by atoms with E-state index in [-0.39, 0.29) is 24.2 Å². The molecule has 0 aromatic heterocycles. The van der Waals surface area contributed by atoms with Crippen LogP contribution in [0.4, 0.5) is 0 Å². The van der Waals surface area contributed by atoms with Crippen LogP contribution in [0.25, 0.3) is 0 Å². The van der Waals surface area contributed by atoms with Gasteiger partial charge in [0.1, 0.15) is 12.1 Å². The fraction of sp³-hybridized carbons (Fsp3) is 0.824. The number of Topliss-reactive ketones (excluding diaryl/α,β-unsaturated/α-hetero) is 1. The second-order valence-electron chi connectivity index (χ2n) is 6.77. The molecular weight excluding hydrogens is 296 g/mol. The number of rotatable bonds is 11. The van der Waals surface area contributed by atoms with Gasteiger partial charge in [0.25, 0.3) is 0 Å². The average Bonchev–Trinajstić information content (AvgIpc) is 2.39. The summed E-state index contributed by atoms with van der Waals surface area (Å²) in [6, 6.07) is -0.535. The summed E-state index contributed by atoms with van der Waals surface area (Å²) in [5.41, 5.74) is 0. The van der Waals surface area contributed by atoms with Crippen LogP contribution in [0.1, 0.15) is 54.4 Å². The Balaban J connectivity index is 4.28. The van der Waals surface area contributed by atoms with Gasteiger partial charge in [0.05, 0.1) is 6.61 Å². The number of amides is 2. The summed E-state index contributed by atoms with van der Waals surface area (Å²) in [6.07, 6.45) is 0.828. The number of nitrogens with one attached hydrogen (secondary N) is 2. The number of hydrogen-bond donors (Lipinski definition) is 2. The zero-order chi connectivity index (χ0) is 18.0. The number of hydrogen-bond acceptors (Lipinski definition) is 4. The van der Waals surface area contributed by atoms with Gasteiger partial charge < -0.3 is 15.4 Å². The van der Waals surface area contributed by atoms with Crippen LogP contribution >= 0.6 is 0 Å². The highest BCUT2D eigenvalue weighted by atomic mass is 16.5. The summed E-state index contributed by atoms with van der Waals surface area (Å²) in [4.78, 5) is 34.8. The Morgan fingerprint density at radius 1 is 0.957 bits per heavy atom. The molecule has 0 heterocycles. The molecule has 0 aliphatic rings. The van der Waals surface area contributed by atoms with Crippen molar-refractivity contribution in [2.24, 2.45) is 11.8 Å². The number of carbonyl (C=O) groups is 3. The smallest absolute Gasteiger partial charge is 0.242 e. The van der Waals surface area contributed by atoms with Crippen LogP contribution in [0.3, 0.4) is 0 Å². The highest BCUT2D eigenvalue weighted by Gasteiger charge is 2.21. The maximum Gasteiger partial charge on any atom is 0.242 e. The van der Waals surface area contributed by atoms with Gasteiger partial charge in [-0.15, -0.1) is 0 Å². The van der Waals surface area contributed by atoms with Gasteiger partial charge in [-0.25, -0.2) is 0 Å². The first kappa shape index (κ1) is 21.6. The van der Waals surface area contributed by atoms with Gasteiger partial charge in [-0.2, -0.15) is 0 Å². The first-order chi connectivity index (χ1) is 10.6. The molecule has 0 radical (unpaired) electrons. The van der Waals surface area contributed by atoms with Gasteiger partial charge in [-0.05, 0) is 31.6 Å². The lowest BCUT2D eigenvalue weighted by Crippen LogP contribution is -2.47. The van der Waals surface area contributed by atoms with Crippen molar-refractivity contribution < 1.29 is 19.1 Å². The Morgan fingerprint density at radius 2 is 1.52 bits per heavy atom. The molecule has 0 aromatic rings. The lowest BCUT2D eigenvalue weighted by molar-refractivity contribution is -0.130. The largest absolute Gasteiger partial charge is 0.369 e. The highest BCUT2D eigenvalue weighted by Crippen LogP contribution is 2.09. The van der Waals surface area contributed by atoms with E-state index < -0.39 is 12.1 Å². The van der Waals surface area contributed by atoms with Crippen molar-refractivity contribution in [1.29, 1.82) is 0 Å². The van der Waals surface area contributed by atoms with Crippen LogP contribution in [0.15, 0.2) is 0 Å². The highest BCUT2D eigenvalue weighted by molar-refractivity contribution is 5.86. The lowest BCUT2D eigenvalue weighted by Gasteiger charge is -2.20. The van der Waals surface area contributed by atoms with Gasteiger partial charge in [-0.1, -0.05) is 27.7 Å². The van der Waals surface area contributed by atoms with E-state index in [2.05, 4.69) is 10.6 Å². The zero-order valence-electron chi connectivity index (χ0n) is 15.3. The minimum atomic E-state index is -0.535. The number of ether oxygens (including phenoxy) is 1. The van der Waals surface area contributed by atoms with Crippen molar-refractivity contribution in [3.63, 3.8) is 0 Å². The molecule has 6 heteroatoms. The van der Waals surface area contributed by atoms with E-state index in [1.54, 1.807) is 0 Å². The third kappa shape index (κ3) is 10.8. The third-order valence-electron chi connectivity index (χ3n) is 3.26. The molecule has 0 spiro atoms. The fourth-order valence-electron chi connectivity index (χ4n) is 2.23. The molecule has 0 saturated carbocycles. The first-order valence-corrected chi connectivity index (χ1v) is 8.30. The Morgan fingerprint density at radius 3 is 1.96 bits per heavy atom. The van der Waals surface area contributed by atoms with Crippen LogP contribution in [-0.2, 0) is 19.1 Å². The van der Waals surface area contributed by atoms with Crippen molar-refractivity contribution in [2.75, 3.05) is 13.2 Å². The van der Waals surface area contributed by atoms with Crippen LogP contribution in [0.5, 0.6) is 0 Å². The van der Waals surface area contributed by atoms with Gasteiger partial charge in [-0.3, -0.25) is 14.4 Å². The Kier molecular flexibility index (Phi) is 10.5. The van der Waals surface area contributed by atoms with Crippen LogP contribution in [0, 0.1) is 11.8 Å². The zero-order valence-corrected chi connectivity index (χ0v) is 15.3. The van der Waals surface area contributed by atoms with Crippen molar-refractivity contribution >= 4 is 17.6 Å². The quantitative estimate of drug-likeness (QED) is 0.565. The maximum atomic E-state index is 12.1. The topological polar surface area (TPSA) is 84.5 Å². The Hall–Kier alpha value is -1.43. The van der Waals surface area contributed by atoms with Gasteiger partial charge in [0, 0.05) is 13.5 Å². The average molecular weight is 328 g/mol. The first-order valence-electron chi connectivity index (χ1n) is 8.30. The molecule has 0 unspecified atom stereocenters. The van der Waals surface area contributed by atoms with E-state index in [0.717, 1.165) is 0 Å². The van der Waals surface area contributed by atoms with E-state index in [4.69, 9.17) is 4.74 Å². The second kappa shape index (κ2) is 11.2. The Labute approximate surface area is 139 Å². The van der Waals surface area contributed by atoms with Crippen molar-refractivity contribution in [3.8, 4) is 0 Å². The molecule has 6 nitrogen and oxygen atoms in total.